The van der Waals surface area contributed by atoms with Gasteiger partial charge in [-0.05, 0) is 60.7 Å². The van der Waals surface area contributed by atoms with Gasteiger partial charge in [-0.3, -0.25) is 9.78 Å². The number of pyridine rings is 1. The number of carbonyl (C=O) groups excluding carboxylic acids is 1. The zero-order chi connectivity index (χ0) is 18.6. The average molecular weight is 368 g/mol. The third-order valence-electron chi connectivity index (χ3n) is 5.23. The van der Waals surface area contributed by atoms with Crippen LogP contribution < -0.4 is 14.8 Å². The van der Waals surface area contributed by atoms with Crippen molar-refractivity contribution in [3.8, 4) is 11.5 Å². The first-order valence-electron chi connectivity index (χ1n) is 9.36. The van der Waals surface area contributed by atoms with E-state index >= 15 is 0 Å². The third kappa shape index (κ3) is 3.90. The van der Waals surface area contributed by atoms with Gasteiger partial charge in [0.2, 0.25) is 5.91 Å². The van der Waals surface area contributed by atoms with Crippen LogP contribution in [0.4, 0.5) is 0 Å². The highest BCUT2D eigenvalue weighted by molar-refractivity contribution is 5.80. The number of nitrogens with one attached hydrogen (secondary N) is 1. The molecule has 2 aromatic rings. The maximum absolute atomic E-state index is 12.9. The summed E-state index contributed by atoms with van der Waals surface area (Å²) in [5.41, 5.74) is 2.05. The summed E-state index contributed by atoms with van der Waals surface area (Å²) >= 11 is 0. The predicted molar refractivity (Wildman–Crippen MR) is 99.8 cm³/mol. The van der Waals surface area contributed by atoms with E-state index in [-0.39, 0.29) is 24.0 Å². The lowest BCUT2D eigenvalue weighted by atomic mass is 9.93. The maximum Gasteiger partial charge on any atom is 0.227 e. The molecule has 0 saturated carbocycles. The summed E-state index contributed by atoms with van der Waals surface area (Å²) in [6, 6.07) is 9.57. The second kappa shape index (κ2) is 7.96. The average Bonchev–Trinajstić information content (AvgIpc) is 2.74. The van der Waals surface area contributed by atoms with E-state index in [0.29, 0.717) is 19.6 Å². The van der Waals surface area contributed by atoms with Crippen molar-refractivity contribution in [3.63, 3.8) is 0 Å². The summed E-state index contributed by atoms with van der Waals surface area (Å²) in [7, 11) is 1.64. The maximum atomic E-state index is 12.9. The topological polar surface area (TPSA) is 69.7 Å². The number of aromatic nitrogens is 1. The fraction of sp³-hybridized carbons (Fsp3) is 0.429. The lowest BCUT2D eigenvalue weighted by molar-refractivity contribution is -0.129. The smallest absolute Gasteiger partial charge is 0.227 e. The molecule has 6 nitrogen and oxygen atoms in total. The van der Waals surface area contributed by atoms with E-state index in [9.17, 15) is 4.79 Å². The molecule has 0 bridgehead atoms. The van der Waals surface area contributed by atoms with Crippen molar-refractivity contribution in [3.05, 3.63) is 53.9 Å². The van der Waals surface area contributed by atoms with E-state index < -0.39 is 0 Å². The van der Waals surface area contributed by atoms with Crippen molar-refractivity contribution in [2.45, 2.75) is 31.4 Å². The van der Waals surface area contributed by atoms with Crippen LogP contribution >= 0.6 is 0 Å². The number of methoxy groups -OCH3 is 1. The molecule has 1 N–H and O–H groups in total. The molecular weight excluding hydrogens is 344 g/mol. The van der Waals surface area contributed by atoms with Gasteiger partial charge in [0.15, 0.2) is 0 Å². The van der Waals surface area contributed by atoms with Crippen LogP contribution in [0.15, 0.2) is 42.7 Å². The summed E-state index contributed by atoms with van der Waals surface area (Å²) in [6.07, 6.45) is 5.86. The van der Waals surface area contributed by atoms with Gasteiger partial charge in [-0.15, -0.1) is 0 Å². The van der Waals surface area contributed by atoms with Gasteiger partial charge in [0, 0.05) is 19.0 Å². The van der Waals surface area contributed by atoms with Gasteiger partial charge >= 0.3 is 0 Å². The van der Waals surface area contributed by atoms with Gasteiger partial charge in [-0.25, -0.2) is 0 Å². The Morgan fingerprint density at radius 2 is 2.11 bits per heavy atom. The Labute approximate surface area is 158 Å². The summed E-state index contributed by atoms with van der Waals surface area (Å²) in [5.74, 6) is 1.40. The van der Waals surface area contributed by atoms with Gasteiger partial charge in [0.1, 0.15) is 24.2 Å². The Balaban J connectivity index is 1.45. The Morgan fingerprint density at radius 1 is 1.26 bits per heavy atom. The first kappa shape index (κ1) is 17.8. The van der Waals surface area contributed by atoms with Gasteiger partial charge in [0.05, 0.1) is 19.1 Å². The zero-order valence-electron chi connectivity index (χ0n) is 15.4. The van der Waals surface area contributed by atoms with Gasteiger partial charge in [0.25, 0.3) is 0 Å². The van der Waals surface area contributed by atoms with E-state index in [4.69, 9.17) is 14.2 Å². The highest BCUT2D eigenvalue weighted by atomic mass is 16.5. The molecule has 3 heterocycles. The zero-order valence-corrected chi connectivity index (χ0v) is 15.4. The van der Waals surface area contributed by atoms with Crippen molar-refractivity contribution in [1.82, 2.24) is 10.3 Å². The number of rotatable bonds is 4. The Morgan fingerprint density at radius 3 is 2.93 bits per heavy atom. The van der Waals surface area contributed by atoms with E-state index in [1.54, 1.807) is 19.5 Å². The summed E-state index contributed by atoms with van der Waals surface area (Å²) in [5, 5.41) is 3.20. The first-order valence-corrected chi connectivity index (χ1v) is 9.36. The summed E-state index contributed by atoms with van der Waals surface area (Å²) < 4.78 is 17.0. The number of amides is 1. The van der Waals surface area contributed by atoms with Crippen molar-refractivity contribution >= 4 is 5.91 Å². The molecule has 1 aromatic heterocycles. The van der Waals surface area contributed by atoms with E-state index in [2.05, 4.69) is 10.3 Å². The minimum atomic E-state index is -0.218. The minimum Gasteiger partial charge on any atom is -0.497 e. The number of ether oxygens (including phenoxy) is 3. The molecule has 1 unspecified atom stereocenters. The molecule has 6 heteroatoms. The fourth-order valence-electron chi connectivity index (χ4n) is 3.78. The number of hydrogen-bond donors (Lipinski definition) is 1. The fourth-order valence-corrected chi connectivity index (χ4v) is 3.78. The quantitative estimate of drug-likeness (QED) is 0.899. The van der Waals surface area contributed by atoms with Crippen molar-refractivity contribution < 1.29 is 19.0 Å². The molecule has 142 valence electrons. The van der Waals surface area contributed by atoms with Crippen LogP contribution in [0.25, 0.3) is 0 Å². The number of fused-ring (bicyclic) bond motifs is 1. The minimum absolute atomic E-state index is 0.0121. The molecular formula is C21H24N2O4. The first-order chi connectivity index (χ1) is 13.2. The molecule has 27 heavy (non-hydrogen) atoms. The molecule has 3 atom stereocenters. The highest BCUT2D eigenvalue weighted by Crippen LogP contribution is 2.32. The number of nitrogens with zero attached hydrogens (tertiary/aromatic N) is 1. The van der Waals surface area contributed by atoms with Gasteiger partial charge < -0.3 is 19.5 Å². The van der Waals surface area contributed by atoms with Crippen LogP contribution in [0.2, 0.25) is 0 Å². The Bertz CT molecular complexity index is 796. The van der Waals surface area contributed by atoms with Crippen molar-refractivity contribution in [2.24, 2.45) is 5.92 Å². The largest absolute Gasteiger partial charge is 0.497 e. The molecule has 0 radical (unpaired) electrons. The molecule has 4 rings (SSSR count). The molecule has 0 spiro atoms. The molecule has 1 saturated heterocycles. The van der Waals surface area contributed by atoms with E-state index in [1.807, 2.05) is 30.3 Å². The van der Waals surface area contributed by atoms with Gasteiger partial charge in [-0.2, -0.15) is 0 Å². The van der Waals surface area contributed by atoms with Crippen LogP contribution in [0.5, 0.6) is 11.5 Å². The number of hydrogen-bond acceptors (Lipinski definition) is 5. The number of carbonyl (C=O) groups is 1. The normalized spacial score (nSPS) is 24.4. The highest BCUT2D eigenvalue weighted by Gasteiger charge is 2.32. The molecule has 0 aliphatic carbocycles. The Kier molecular flexibility index (Phi) is 5.25. The Hall–Kier alpha value is -2.60. The summed E-state index contributed by atoms with van der Waals surface area (Å²) in [6.45, 7) is 1.09. The second-order valence-electron chi connectivity index (χ2n) is 7.01. The summed E-state index contributed by atoms with van der Waals surface area (Å²) in [4.78, 5) is 17.0. The lowest BCUT2D eigenvalue weighted by Crippen LogP contribution is -2.47. The molecule has 1 amide bonds. The third-order valence-corrected chi connectivity index (χ3v) is 5.23. The predicted octanol–water partition coefficient (Wildman–Crippen LogP) is 2.68. The molecule has 1 fully saturated rings. The molecule has 1 aromatic carbocycles. The van der Waals surface area contributed by atoms with E-state index in [1.165, 1.54) is 0 Å². The SMILES string of the molecule is COc1ccc2c(c1)CC(C(=O)N[C@H]1CCCO[C@@H]1c1ccncc1)CO2. The van der Waals surface area contributed by atoms with Crippen LogP contribution in [-0.4, -0.2) is 37.3 Å². The van der Waals surface area contributed by atoms with Crippen LogP contribution in [-0.2, 0) is 16.0 Å². The second-order valence-corrected chi connectivity index (χ2v) is 7.01. The van der Waals surface area contributed by atoms with Gasteiger partial charge in [-0.1, -0.05) is 0 Å². The molecule has 2 aliphatic heterocycles. The van der Waals surface area contributed by atoms with Crippen LogP contribution in [0.1, 0.15) is 30.1 Å². The molecule has 2 aliphatic rings. The van der Waals surface area contributed by atoms with Crippen LogP contribution in [0, 0.1) is 5.92 Å². The van der Waals surface area contributed by atoms with Crippen molar-refractivity contribution in [2.75, 3.05) is 20.3 Å². The standard InChI is InChI=1S/C21H24N2O4/c1-25-17-4-5-19-15(12-17)11-16(13-27-19)21(24)23-18-3-2-10-26-20(18)14-6-8-22-9-7-14/h4-9,12,16,18,20H,2-3,10-11,13H2,1H3,(H,23,24)/t16?,18-,20+/m0/s1. The van der Waals surface area contributed by atoms with Crippen LogP contribution in [0.3, 0.4) is 0 Å². The lowest BCUT2D eigenvalue weighted by Gasteiger charge is -2.34. The van der Waals surface area contributed by atoms with E-state index in [0.717, 1.165) is 35.5 Å². The number of benzene rings is 1. The van der Waals surface area contributed by atoms with Crippen molar-refractivity contribution in [1.29, 1.82) is 0 Å². The monoisotopic (exact) mass is 368 g/mol.